The highest BCUT2D eigenvalue weighted by atomic mass is 35.5. The molecule has 7 nitrogen and oxygen atoms in total. The number of carbonyl (C=O) groups excluding carboxylic acids is 1. The molecule has 0 aliphatic rings. The van der Waals surface area contributed by atoms with Gasteiger partial charge in [-0.25, -0.2) is 9.97 Å². The summed E-state index contributed by atoms with van der Waals surface area (Å²) in [7, 11) is 0. The average molecular weight is 403 g/mol. The van der Waals surface area contributed by atoms with E-state index in [1.54, 1.807) is 19.2 Å². The van der Waals surface area contributed by atoms with Gasteiger partial charge in [-0.05, 0) is 12.1 Å². The molecule has 0 atom stereocenters. The van der Waals surface area contributed by atoms with Crippen LogP contribution in [0.1, 0.15) is 19.0 Å². The lowest BCUT2D eigenvalue weighted by Crippen LogP contribution is -2.14. The first-order chi connectivity index (χ1) is 14.1. The van der Waals surface area contributed by atoms with E-state index < -0.39 is 0 Å². The maximum absolute atomic E-state index is 11.9. The largest absolute Gasteiger partial charge is 0.308 e. The third kappa shape index (κ3) is 3.53. The predicted molar refractivity (Wildman–Crippen MR) is 111 cm³/mol. The lowest BCUT2D eigenvalue weighted by Gasteiger charge is -2.13. The van der Waals surface area contributed by atoms with Crippen LogP contribution in [-0.2, 0) is 4.79 Å². The molecule has 4 rings (SSSR count). The molecule has 8 heteroatoms. The first-order valence-corrected chi connectivity index (χ1v) is 9.29. The lowest BCUT2D eigenvalue weighted by atomic mass is 10.0. The Bertz CT molecular complexity index is 1260. The standard InChI is InChI=1S/C21H15ClN6O/c1-2-17(29)26-21-16(10-23)25-20(19(27-21)12-6-4-3-5-7-12)13-8-14-11-24-28-18(14)15(22)9-13/h3-9,11H,2H2,1H3,(H,24,28)(H,26,27,29). The maximum Gasteiger partial charge on any atom is 0.225 e. The van der Waals surface area contributed by atoms with Crippen LogP contribution in [-0.4, -0.2) is 26.1 Å². The van der Waals surface area contributed by atoms with Gasteiger partial charge in [0.05, 0.1) is 28.1 Å². The Morgan fingerprint density at radius 2 is 1.93 bits per heavy atom. The lowest BCUT2D eigenvalue weighted by molar-refractivity contribution is -0.115. The van der Waals surface area contributed by atoms with E-state index >= 15 is 0 Å². The minimum Gasteiger partial charge on any atom is -0.308 e. The third-order valence-corrected chi connectivity index (χ3v) is 4.70. The monoisotopic (exact) mass is 402 g/mol. The second-order valence-corrected chi connectivity index (χ2v) is 6.70. The quantitative estimate of drug-likeness (QED) is 0.520. The van der Waals surface area contributed by atoms with Crippen molar-refractivity contribution < 1.29 is 4.79 Å². The fourth-order valence-electron chi connectivity index (χ4n) is 2.97. The molecule has 0 bridgehead atoms. The van der Waals surface area contributed by atoms with Crippen molar-refractivity contribution in [2.24, 2.45) is 0 Å². The van der Waals surface area contributed by atoms with Crippen LogP contribution in [0.2, 0.25) is 5.02 Å². The van der Waals surface area contributed by atoms with Crippen molar-refractivity contribution in [1.29, 1.82) is 5.26 Å². The highest BCUT2D eigenvalue weighted by molar-refractivity contribution is 6.35. The van der Waals surface area contributed by atoms with Crippen LogP contribution in [0.3, 0.4) is 0 Å². The number of hydrogen-bond acceptors (Lipinski definition) is 5. The molecule has 0 aliphatic heterocycles. The van der Waals surface area contributed by atoms with E-state index in [-0.39, 0.29) is 23.8 Å². The summed E-state index contributed by atoms with van der Waals surface area (Å²) >= 11 is 6.40. The predicted octanol–water partition coefficient (Wildman–Crippen LogP) is 4.56. The number of benzene rings is 2. The van der Waals surface area contributed by atoms with Crippen LogP contribution < -0.4 is 5.32 Å². The Morgan fingerprint density at radius 3 is 2.66 bits per heavy atom. The summed E-state index contributed by atoms with van der Waals surface area (Å²) in [5.41, 5.74) is 3.28. The van der Waals surface area contributed by atoms with Crippen LogP contribution >= 0.6 is 11.6 Å². The molecule has 0 unspecified atom stereocenters. The Labute approximate surface area is 171 Å². The van der Waals surface area contributed by atoms with Gasteiger partial charge in [0.15, 0.2) is 11.5 Å². The van der Waals surface area contributed by atoms with Gasteiger partial charge in [0.1, 0.15) is 6.07 Å². The van der Waals surface area contributed by atoms with E-state index in [2.05, 4.69) is 25.5 Å². The Hall–Kier alpha value is -3.76. The molecule has 0 saturated carbocycles. The number of H-pyrrole nitrogens is 1. The Morgan fingerprint density at radius 1 is 1.17 bits per heavy atom. The van der Waals surface area contributed by atoms with Crippen LogP contribution in [0.15, 0.2) is 48.7 Å². The molecule has 0 radical (unpaired) electrons. The first-order valence-electron chi connectivity index (χ1n) is 8.91. The van der Waals surface area contributed by atoms with Gasteiger partial charge in [0.2, 0.25) is 5.91 Å². The van der Waals surface area contributed by atoms with Gasteiger partial charge in [-0.15, -0.1) is 0 Å². The van der Waals surface area contributed by atoms with E-state index in [1.165, 1.54) is 0 Å². The number of aromatic amines is 1. The SMILES string of the molecule is CCC(=O)Nc1nc(-c2ccccc2)c(-c2cc(Cl)c3[nH]ncc3c2)nc1C#N. The van der Waals surface area contributed by atoms with E-state index in [1.807, 2.05) is 42.5 Å². The van der Waals surface area contributed by atoms with Gasteiger partial charge >= 0.3 is 0 Å². The number of fused-ring (bicyclic) bond motifs is 1. The summed E-state index contributed by atoms with van der Waals surface area (Å²) in [6.07, 6.45) is 1.93. The minimum absolute atomic E-state index is 0.0323. The van der Waals surface area contributed by atoms with Gasteiger partial charge in [-0.1, -0.05) is 48.9 Å². The summed E-state index contributed by atoms with van der Waals surface area (Å²) in [6.45, 7) is 1.73. The Balaban J connectivity index is 1.98. The van der Waals surface area contributed by atoms with Crippen LogP contribution in [0, 0.1) is 11.3 Å². The number of amides is 1. The molecule has 0 fully saturated rings. The number of nitrogens with zero attached hydrogens (tertiary/aromatic N) is 4. The average Bonchev–Trinajstić information content (AvgIpc) is 3.23. The van der Waals surface area contributed by atoms with E-state index in [9.17, 15) is 10.1 Å². The van der Waals surface area contributed by atoms with Crippen LogP contribution in [0.25, 0.3) is 33.4 Å². The molecule has 4 aromatic rings. The van der Waals surface area contributed by atoms with Gasteiger partial charge < -0.3 is 5.32 Å². The second kappa shape index (κ2) is 7.70. The summed E-state index contributed by atoms with van der Waals surface area (Å²) in [4.78, 5) is 21.0. The van der Waals surface area contributed by atoms with Gasteiger partial charge in [0.25, 0.3) is 0 Å². The minimum atomic E-state index is -0.245. The zero-order valence-corrected chi connectivity index (χ0v) is 16.2. The Kier molecular flexibility index (Phi) is 4.94. The smallest absolute Gasteiger partial charge is 0.225 e. The summed E-state index contributed by atoms with van der Waals surface area (Å²) < 4.78 is 0. The van der Waals surface area contributed by atoms with E-state index in [0.29, 0.717) is 22.0 Å². The molecule has 0 saturated heterocycles. The van der Waals surface area contributed by atoms with E-state index in [4.69, 9.17) is 11.6 Å². The van der Waals surface area contributed by atoms with Crippen LogP contribution in [0.5, 0.6) is 0 Å². The zero-order chi connectivity index (χ0) is 20.4. The number of rotatable bonds is 4. The maximum atomic E-state index is 11.9. The number of anilines is 1. The second-order valence-electron chi connectivity index (χ2n) is 6.29. The zero-order valence-electron chi connectivity index (χ0n) is 15.4. The number of aromatic nitrogens is 4. The molecular formula is C21H15ClN6O. The van der Waals surface area contributed by atoms with E-state index in [0.717, 1.165) is 16.5 Å². The molecule has 2 N–H and O–H groups in total. The summed E-state index contributed by atoms with van der Waals surface area (Å²) in [5, 5.41) is 20.4. The molecule has 142 valence electrons. The molecule has 2 aromatic heterocycles. The number of hydrogen-bond donors (Lipinski definition) is 2. The van der Waals surface area contributed by atoms with Crippen molar-refractivity contribution in [1.82, 2.24) is 20.2 Å². The van der Waals surface area contributed by atoms with Crippen molar-refractivity contribution in [3.63, 3.8) is 0 Å². The van der Waals surface area contributed by atoms with Crippen molar-refractivity contribution in [3.05, 3.63) is 59.4 Å². The fourth-order valence-corrected chi connectivity index (χ4v) is 3.24. The molecule has 0 aliphatic carbocycles. The molecule has 1 amide bonds. The van der Waals surface area contributed by atoms with Gasteiger partial charge in [-0.3, -0.25) is 9.89 Å². The number of halogens is 1. The fraction of sp³-hybridized carbons (Fsp3) is 0.0952. The van der Waals surface area contributed by atoms with Crippen molar-refractivity contribution in [2.75, 3.05) is 5.32 Å². The molecule has 29 heavy (non-hydrogen) atoms. The molecular weight excluding hydrogens is 388 g/mol. The number of carbonyl (C=O) groups is 1. The summed E-state index contributed by atoms with van der Waals surface area (Å²) in [5.74, 6) is -0.108. The van der Waals surface area contributed by atoms with Crippen LogP contribution in [0.4, 0.5) is 5.82 Å². The number of nitrogens with one attached hydrogen (secondary N) is 2. The van der Waals surface area contributed by atoms with Gasteiger partial charge in [0, 0.05) is 22.9 Å². The normalized spacial score (nSPS) is 10.7. The van der Waals surface area contributed by atoms with Crippen molar-refractivity contribution in [3.8, 4) is 28.6 Å². The number of nitriles is 1. The molecule has 2 aromatic carbocycles. The topological polar surface area (TPSA) is 107 Å². The molecule has 2 heterocycles. The first kappa shape index (κ1) is 18.6. The van der Waals surface area contributed by atoms with Crippen molar-refractivity contribution in [2.45, 2.75) is 13.3 Å². The van der Waals surface area contributed by atoms with Gasteiger partial charge in [-0.2, -0.15) is 10.4 Å². The summed E-state index contributed by atoms with van der Waals surface area (Å²) in [6, 6.07) is 15.1. The highest BCUT2D eigenvalue weighted by Crippen LogP contribution is 2.35. The highest BCUT2D eigenvalue weighted by Gasteiger charge is 2.19. The van der Waals surface area contributed by atoms with Crippen molar-refractivity contribution >= 4 is 34.2 Å². The molecule has 0 spiro atoms. The third-order valence-electron chi connectivity index (χ3n) is 4.40.